The number of nitrogens with zero attached hydrogens (tertiary/aromatic N) is 7. The molecular formula is C47H47ClN10O5. The van der Waals surface area contributed by atoms with Crippen LogP contribution >= 0.6 is 11.6 Å². The van der Waals surface area contributed by atoms with Gasteiger partial charge >= 0.3 is 6.01 Å². The van der Waals surface area contributed by atoms with Crippen LogP contribution in [0.5, 0.6) is 11.8 Å². The Kier molecular flexibility index (Phi) is 11.9. The van der Waals surface area contributed by atoms with Crippen molar-refractivity contribution in [3.05, 3.63) is 144 Å². The molecule has 0 spiro atoms. The number of imidazole rings is 1. The van der Waals surface area contributed by atoms with Crippen LogP contribution in [0.1, 0.15) is 55.4 Å². The van der Waals surface area contributed by atoms with Gasteiger partial charge in [0.25, 0.3) is 17.0 Å². The molecule has 1 atom stereocenters. The Balaban J connectivity index is 0.945. The largest absolute Gasteiger partial charge is 0.489 e. The summed E-state index contributed by atoms with van der Waals surface area (Å²) in [5.74, 6) is 0.859. The third kappa shape index (κ3) is 8.94. The van der Waals surface area contributed by atoms with Crippen molar-refractivity contribution in [2.75, 3.05) is 49.7 Å². The quantitative estimate of drug-likeness (QED) is 0.165. The van der Waals surface area contributed by atoms with Crippen molar-refractivity contribution in [1.29, 1.82) is 5.26 Å². The van der Waals surface area contributed by atoms with Crippen LogP contribution in [0.2, 0.25) is 5.02 Å². The maximum absolute atomic E-state index is 13.9. The molecule has 1 fully saturated rings. The SMILES string of the molecule is C=C(COc1cccc(/C=c2\[nH]c(=O)/c(=C/c3nc[nH]c3C(C)(C)C)[nH]c2=O)c1)C(=O)N1CCN(c2nc(OC)nc3c2CCN(c2cccc4cccc(Cl)c24)C3)CC1CC#N. The summed E-state index contributed by atoms with van der Waals surface area (Å²) in [4.78, 5) is 68.4. The van der Waals surface area contributed by atoms with E-state index in [1.54, 1.807) is 54.8 Å². The van der Waals surface area contributed by atoms with E-state index in [1.165, 1.54) is 0 Å². The lowest BCUT2D eigenvalue weighted by Gasteiger charge is -2.42. The number of anilines is 2. The average Bonchev–Trinajstić information content (AvgIpc) is 3.76. The van der Waals surface area contributed by atoms with Crippen molar-refractivity contribution in [2.24, 2.45) is 0 Å². The van der Waals surface area contributed by atoms with Crippen molar-refractivity contribution < 1.29 is 14.3 Å². The number of aromatic amines is 3. The second-order valence-corrected chi connectivity index (χ2v) is 17.0. The van der Waals surface area contributed by atoms with E-state index in [2.05, 4.69) is 60.6 Å². The van der Waals surface area contributed by atoms with Crippen LogP contribution in [0.15, 0.2) is 88.7 Å². The highest BCUT2D eigenvalue weighted by Gasteiger charge is 2.35. The maximum atomic E-state index is 13.9. The number of aromatic nitrogens is 6. The van der Waals surface area contributed by atoms with Crippen LogP contribution < -0.4 is 41.1 Å². The van der Waals surface area contributed by atoms with E-state index in [9.17, 15) is 19.6 Å². The molecule has 6 aromatic rings. The molecule has 2 aliphatic rings. The predicted octanol–water partition coefficient (Wildman–Crippen LogP) is 4.48. The van der Waals surface area contributed by atoms with E-state index in [0.717, 1.165) is 45.8 Å². The number of methoxy groups -OCH3 is 1. The number of ether oxygens (including phenoxy) is 2. The standard InChI is InChI=1S/C47H47ClN10O5/c1-28(26-63-32-12-6-9-29(21-32)22-36-43(59)53-37(44(60)52-36)23-35-41(47(2,3)4)51-27-50-35)45(61)58-20-19-57(24-31(58)15-17-49)42-33-16-18-56(25-38(33)54-46(55-42)62-5)39-14-8-11-30-10-7-13-34(48)40(30)39/h6-14,21-23,27,31H,1,15-16,18-20,24-26H2,2-5H3,(H,50,51)(H,52,60)(H,53,59)/b36-22-,37-23-. The average molecular weight is 867 g/mol. The van der Waals surface area contributed by atoms with Crippen LogP contribution in [-0.4, -0.2) is 86.6 Å². The zero-order valence-corrected chi connectivity index (χ0v) is 36.3. The third-order valence-corrected chi connectivity index (χ3v) is 11.6. The molecule has 0 aliphatic carbocycles. The summed E-state index contributed by atoms with van der Waals surface area (Å²) in [6.45, 7) is 12.4. The number of H-pyrrole nitrogens is 3. The molecule has 1 unspecified atom stereocenters. The molecule has 63 heavy (non-hydrogen) atoms. The number of piperazine rings is 1. The molecule has 15 nitrogen and oxygen atoms in total. The minimum atomic E-state index is -0.487. The Morgan fingerprint density at radius 2 is 1.75 bits per heavy atom. The number of fused-ring (bicyclic) bond motifs is 2. The first-order chi connectivity index (χ1) is 30.3. The molecule has 3 aromatic carbocycles. The lowest BCUT2D eigenvalue weighted by atomic mass is 9.90. The Labute approximate surface area is 368 Å². The summed E-state index contributed by atoms with van der Waals surface area (Å²) in [7, 11) is 1.54. The van der Waals surface area contributed by atoms with Gasteiger partial charge in [0.1, 0.15) is 28.9 Å². The van der Waals surface area contributed by atoms with Gasteiger partial charge < -0.3 is 39.1 Å². The molecule has 1 saturated heterocycles. The number of hydrogen-bond donors (Lipinski definition) is 3. The van der Waals surface area contributed by atoms with Gasteiger partial charge in [-0.25, -0.2) is 4.98 Å². The molecule has 8 rings (SSSR count). The van der Waals surface area contributed by atoms with Gasteiger partial charge in [0.05, 0.1) is 54.9 Å². The fraction of sp³-hybridized carbons (Fsp3) is 0.298. The summed E-state index contributed by atoms with van der Waals surface area (Å²) in [6.07, 6.45) is 5.42. The van der Waals surface area contributed by atoms with E-state index < -0.39 is 17.2 Å². The normalized spacial score (nSPS) is 15.9. The van der Waals surface area contributed by atoms with Gasteiger partial charge in [0.2, 0.25) is 0 Å². The Morgan fingerprint density at radius 1 is 1.00 bits per heavy atom. The zero-order valence-electron chi connectivity index (χ0n) is 35.5. The number of carbonyl (C=O) groups is 1. The summed E-state index contributed by atoms with van der Waals surface area (Å²) in [6, 6.07) is 21.1. The number of rotatable bonds is 10. The fourth-order valence-corrected chi connectivity index (χ4v) is 8.50. The number of amides is 1. The van der Waals surface area contributed by atoms with E-state index >= 15 is 0 Å². The zero-order chi connectivity index (χ0) is 44.4. The number of carbonyl (C=O) groups excluding carboxylic acids is 1. The topological polar surface area (TPSA) is 189 Å². The van der Waals surface area contributed by atoms with Crippen molar-refractivity contribution in [1.82, 2.24) is 34.8 Å². The van der Waals surface area contributed by atoms with Gasteiger partial charge in [0.15, 0.2) is 0 Å². The smallest absolute Gasteiger partial charge is 0.318 e. The maximum Gasteiger partial charge on any atom is 0.318 e. The first-order valence-electron chi connectivity index (χ1n) is 20.6. The molecule has 322 valence electrons. The van der Waals surface area contributed by atoms with Gasteiger partial charge in [-0.2, -0.15) is 15.2 Å². The van der Waals surface area contributed by atoms with Crippen LogP contribution in [0.25, 0.3) is 22.9 Å². The molecule has 1 amide bonds. The summed E-state index contributed by atoms with van der Waals surface area (Å²) < 4.78 is 11.6. The lowest BCUT2D eigenvalue weighted by Crippen LogP contribution is -2.56. The first kappa shape index (κ1) is 42.5. The van der Waals surface area contributed by atoms with Gasteiger partial charge in [0, 0.05) is 59.5 Å². The van der Waals surface area contributed by atoms with Gasteiger partial charge in [-0.1, -0.05) is 75.3 Å². The molecule has 2 aliphatic heterocycles. The number of benzene rings is 3. The molecule has 0 radical (unpaired) electrons. The van der Waals surface area contributed by atoms with Crippen LogP contribution in [0.4, 0.5) is 11.5 Å². The van der Waals surface area contributed by atoms with Crippen molar-refractivity contribution in [2.45, 2.75) is 51.6 Å². The minimum absolute atomic E-state index is 0.0591. The van der Waals surface area contributed by atoms with E-state index in [0.29, 0.717) is 54.6 Å². The highest BCUT2D eigenvalue weighted by molar-refractivity contribution is 6.36. The molecule has 16 heteroatoms. The summed E-state index contributed by atoms with van der Waals surface area (Å²) in [5.41, 5.74) is 3.88. The van der Waals surface area contributed by atoms with E-state index in [-0.39, 0.29) is 46.6 Å². The Bertz CT molecular complexity index is 3030. The summed E-state index contributed by atoms with van der Waals surface area (Å²) >= 11 is 6.70. The van der Waals surface area contributed by atoms with Gasteiger partial charge in [-0.3, -0.25) is 14.4 Å². The molecule has 0 saturated carbocycles. The van der Waals surface area contributed by atoms with Crippen molar-refractivity contribution in [3.63, 3.8) is 0 Å². The van der Waals surface area contributed by atoms with Crippen LogP contribution in [0.3, 0.4) is 0 Å². The third-order valence-electron chi connectivity index (χ3n) is 11.3. The second kappa shape index (κ2) is 17.7. The Hall–Kier alpha value is -7.18. The number of halogens is 1. The van der Waals surface area contributed by atoms with E-state index in [4.69, 9.17) is 31.0 Å². The monoisotopic (exact) mass is 866 g/mol. The molecule has 5 heterocycles. The van der Waals surface area contributed by atoms with Gasteiger partial charge in [-0.15, -0.1) is 0 Å². The molecular weight excluding hydrogens is 820 g/mol. The highest BCUT2D eigenvalue weighted by atomic mass is 35.5. The van der Waals surface area contributed by atoms with Crippen molar-refractivity contribution in [3.8, 4) is 17.8 Å². The lowest BCUT2D eigenvalue weighted by molar-refractivity contribution is -0.130. The predicted molar refractivity (Wildman–Crippen MR) is 243 cm³/mol. The van der Waals surface area contributed by atoms with Gasteiger partial charge in [-0.05, 0) is 53.8 Å². The fourth-order valence-electron chi connectivity index (χ4n) is 8.23. The molecule has 0 bridgehead atoms. The summed E-state index contributed by atoms with van der Waals surface area (Å²) in [5, 5.41) is 12.8. The number of hydrogen-bond acceptors (Lipinski definition) is 11. The Morgan fingerprint density at radius 3 is 2.49 bits per heavy atom. The second-order valence-electron chi connectivity index (χ2n) is 16.6. The number of nitrogens with one attached hydrogen (secondary N) is 3. The van der Waals surface area contributed by atoms with Crippen LogP contribution in [-0.2, 0) is 23.2 Å². The van der Waals surface area contributed by atoms with E-state index in [1.807, 2.05) is 39.0 Å². The first-order valence-corrected chi connectivity index (χ1v) is 21.0. The van der Waals surface area contributed by atoms with Crippen molar-refractivity contribution >= 4 is 51.9 Å². The molecule has 3 aromatic heterocycles. The number of nitriles is 1. The highest BCUT2D eigenvalue weighted by Crippen LogP contribution is 2.37. The minimum Gasteiger partial charge on any atom is -0.489 e. The van der Waals surface area contributed by atoms with Crippen LogP contribution in [0, 0.1) is 11.3 Å². The molecule has 3 N–H and O–H groups in total.